The zero-order valence-electron chi connectivity index (χ0n) is 10.2. The summed E-state index contributed by atoms with van der Waals surface area (Å²) in [5.41, 5.74) is 6.58. The first-order chi connectivity index (χ1) is 9.54. The van der Waals surface area contributed by atoms with Gasteiger partial charge in [0.2, 0.25) is 0 Å². The highest BCUT2D eigenvalue weighted by molar-refractivity contribution is 6.11. The van der Waals surface area contributed by atoms with Gasteiger partial charge in [-0.3, -0.25) is 9.89 Å². The van der Waals surface area contributed by atoms with Gasteiger partial charge in [0, 0.05) is 22.6 Å². The number of H-pyrrole nitrogens is 1. The van der Waals surface area contributed by atoms with E-state index in [9.17, 15) is 13.6 Å². The average Bonchev–Trinajstić information content (AvgIpc) is 2.78. The molecule has 0 aliphatic rings. The molecule has 0 radical (unpaired) electrons. The fraction of sp³-hybridized carbons (Fsp3) is 0. The van der Waals surface area contributed by atoms with E-state index in [1.165, 1.54) is 0 Å². The summed E-state index contributed by atoms with van der Waals surface area (Å²) >= 11 is 0. The number of rotatable bonds is 2. The van der Waals surface area contributed by atoms with Crippen molar-refractivity contribution in [3.63, 3.8) is 0 Å². The molecule has 6 heteroatoms. The molecule has 3 N–H and O–H groups in total. The molecule has 1 aromatic heterocycles. The van der Waals surface area contributed by atoms with Crippen LogP contribution in [0.1, 0.15) is 15.9 Å². The largest absolute Gasteiger partial charge is 0.382 e. The Kier molecular flexibility index (Phi) is 2.71. The van der Waals surface area contributed by atoms with Crippen LogP contribution in [0.3, 0.4) is 0 Å². The second kappa shape index (κ2) is 4.41. The Morgan fingerprint density at radius 3 is 2.45 bits per heavy atom. The van der Waals surface area contributed by atoms with E-state index in [0.717, 1.165) is 12.1 Å². The molecule has 100 valence electrons. The van der Waals surface area contributed by atoms with E-state index in [4.69, 9.17) is 5.73 Å². The van der Waals surface area contributed by atoms with E-state index in [2.05, 4.69) is 10.2 Å². The summed E-state index contributed by atoms with van der Waals surface area (Å²) in [7, 11) is 0. The SMILES string of the molecule is Nc1n[nH]c2ccc(C(=O)c3cc(F)cc(F)c3)cc12. The number of anilines is 1. The minimum atomic E-state index is -0.794. The van der Waals surface area contributed by atoms with Crippen LogP contribution in [0, 0.1) is 11.6 Å². The maximum Gasteiger partial charge on any atom is 0.193 e. The van der Waals surface area contributed by atoms with E-state index in [1.54, 1.807) is 18.2 Å². The van der Waals surface area contributed by atoms with E-state index in [0.29, 0.717) is 17.0 Å². The minimum absolute atomic E-state index is 0.0519. The molecule has 3 rings (SSSR count). The molecule has 0 atom stereocenters. The molecule has 0 spiro atoms. The zero-order valence-corrected chi connectivity index (χ0v) is 10.2. The van der Waals surface area contributed by atoms with Crippen LogP contribution >= 0.6 is 0 Å². The van der Waals surface area contributed by atoms with E-state index in [1.807, 2.05) is 0 Å². The molecule has 0 fully saturated rings. The van der Waals surface area contributed by atoms with E-state index >= 15 is 0 Å². The van der Waals surface area contributed by atoms with Gasteiger partial charge in [0.05, 0.1) is 5.52 Å². The van der Waals surface area contributed by atoms with Crippen molar-refractivity contribution in [2.45, 2.75) is 0 Å². The Labute approximate surface area is 112 Å². The van der Waals surface area contributed by atoms with Crippen molar-refractivity contribution in [1.82, 2.24) is 10.2 Å². The highest BCUT2D eigenvalue weighted by Gasteiger charge is 2.13. The summed E-state index contributed by atoms with van der Waals surface area (Å²) in [6.45, 7) is 0. The van der Waals surface area contributed by atoms with E-state index < -0.39 is 17.4 Å². The summed E-state index contributed by atoms with van der Waals surface area (Å²) in [5, 5.41) is 7.11. The smallest absolute Gasteiger partial charge is 0.193 e. The van der Waals surface area contributed by atoms with Gasteiger partial charge in [0.15, 0.2) is 11.6 Å². The third-order valence-electron chi connectivity index (χ3n) is 2.98. The number of halogens is 2. The molecule has 0 unspecified atom stereocenters. The molecule has 2 aromatic carbocycles. The molecule has 3 aromatic rings. The molecule has 1 heterocycles. The minimum Gasteiger partial charge on any atom is -0.382 e. The number of ketones is 1. The number of carbonyl (C=O) groups excluding carboxylic acids is 1. The summed E-state index contributed by atoms with van der Waals surface area (Å²) in [4.78, 5) is 12.2. The Bertz CT molecular complexity index is 806. The number of fused-ring (bicyclic) bond motifs is 1. The summed E-state index contributed by atoms with van der Waals surface area (Å²) in [6.07, 6.45) is 0. The van der Waals surface area contributed by atoms with Crippen molar-refractivity contribution < 1.29 is 13.6 Å². The number of carbonyl (C=O) groups is 1. The van der Waals surface area contributed by atoms with Gasteiger partial charge in [-0.2, -0.15) is 5.10 Å². The molecule has 0 saturated carbocycles. The predicted molar refractivity (Wildman–Crippen MR) is 70.3 cm³/mol. The lowest BCUT2D eigenvalue weighted by molar-refractivity contribution is 0.103. The van der Waals surface area contributed by atoms with Crippen molar-refractivity contribution >= 4 is 22.5 Å². The van der Waals surface area contributed by atoms with Crippen LogP contribution < -0.4 is 5.73 Å². The van der Waals surface area contributed by atoms with Crippen molar-refractivity contribution in [1.29, 1.82) is 0 Å². The second-order valence-corrected chi connectivity index (χ2v) is 4.36. The number of hydrogen-bond acceptors (Lipinski definition) is 3. The number of hydrogen-bond donors (Lipinski definition) is 2. The molecule has 20 heavy (non-hydrogen) atoms. The topological polar surface area (TPSA) is 71.8 Å². The molecule has 4 nitrogen and oxygen atoms in total. The highest BCUT2D eigenvalue weighted by atomic mass is 19.1. The monoisotopic (exact) mass is 273 g/mol. The van der Waals surface area contributed by atoms with Gasteiger partial charge < -0.3 is 5.73 Å². The number of aromatic nitrogens is 2. The number of aromatic amines is 1. The van der Waals surface area contributed by atoms with Crippen molar-refractivity contribution in [3.8, 4) is 0 Å². The Morgan fingerprint density at radius 1 is 1.05 bits per heavy atom. The van der Waals surface area contributed by atoms with Crippen LogP contribution in [0.25, 0.3) is 10.9 Å². The lowest BCUT2D eigenvalue weighted by Crippen LogP contribution is -2.02. The summed E-state index contributed by atoms with van der Waals surface area (Å²) in [5.74, 6) is -1.81. The standard InChI is InChI=1S/C14H9F2N3O/c15-9-3-8(4-10(16)6-9)13(20)7-1-2-12-11(5-7)14(17)19-18-12/h1-6H,(H3,17,18,19). The third-order valence-corrected chi connectivity index (χ3v) is 2.98. The quantitative estimate of drug-likeness (QED) is 0.705. The van der Waals surface area contributed by atoms with Crippen LogP contribution in [-0.2, 0) is 0 Å². The fourth-order valence-corrected chi connectivity index (χ4v) is 2.03. The second-order valence-electron chi connectivity index (χ2n) is 4.36. The first-order valence-corrected chi connectivity index (χ1v) is 5.79. The first-order valence-electron chi connectivity index (χ1n) is 5.79. The molecule has 0 saturated heterocycles. The van der Waals surface area contributed by atoms with Crippen LogP contribution in [-0.4, -0.2) is 16.0 Å². The lowest BCUT2D eigenvalue weighted by atomic mass is 10.0. The van der Waals surface area contributed by atoms with Gasteiger partial charge in [-0.15, -0.1) is 0 Å². The maximum absolute atomic E-state index is 13.1. The van der Waals surface area contributed by atoms with Crippen molar-refractivity contribution in [3.05, 3.63) is 59.2 Å². The van der Waals surface area contributed by atoms with Gasteiger partial charge in [-0.25, -0.2) is 8.78 Å². The van der Waals surface area contributed by atoms with Crippen molar-refractivity contribution in [2.24, 2.45) is 0 Å². The third kappa shape index (κ3) is 2.01. The molecule has 0 bridgehead atoms. The maximum atomic E-state index is 13.1. The Morgan fingerprint density at radius 2 is 1.75 bits per heavy atom. The summed E-state index contributed by atoms with van der Waals surface area (Å²) < 4.78 is 26.3. The number of nitrogens with zero attached hydrogens (tertiary/aromatic N) is 1. The van der Waals surface area contributed by atoms with Gasteiger partial charge in [0.1, 0.15) is 11.6 Å². The number of nitrogen functional groups attached to an aromatic ring is 1. The number of benzene rings is 2. The molecule has 0 aliphatic heterocycles. The average molecular weight is 273 g/mol. The van der Waals surface area contributed by atoms with Gasteiger partial charge in [-0.1, -0.05) is 0 Å². The molecular formula is C14H9F2N3O. The van der Waals surface area contributed by atoms with Crippen LogP contribution in [0.15, 0.2) is 36.4 Å². The molecule has 0 amide bonds. The lowest BCUT2D eigenvalue weighted by Gasteiger charge is -2.02. The van der Waals surface area contributed by atoms with Crippen LogP contribution in [0.4, 0.5) is 14.6 Å². The highest BCUT2D eigenvalue weighted by Crippen LogP contribution is 2.21. The van der Waals surface area contributed by atoms with Crippen LogP contribution in [0.2, 0.25) is 0 Å². The van der Waals surface area contributed by atoms with Gasteiger partial charge in [-0.05, 0) is 30.3 Å². The number of nitrogens with one attached hydrogen (secondary N) is 1. The van der Waals surface area contributed by atoms with Gasteiger partial charge >= 0.3 is 0 Å². The Balaban J connectivity index is 2.09. The predicted octanol–water partition coefficient (Wildman–Crippen LogP) is 2.65. The summed E-state index contributed by atoms with van der Waals surface area (Å²) in [6, 6.07) is 7.43. The van der Waals surface area contributed by atoms with Gasteiger partial charge in [0.25, 0.3) is 0 Å². The fourth-order valence-electron chi connectivity index (χ4n) is 2.03. The molecular weight excluding hydrogens is 264 g/mol. The van der Waals surface area contributed by atoms with E-state index in [-0.39, 0.29) is 16.9 Å². The van der Waals surface area contributed by atoms with Crippen molar-refractivity contribution in [2.75, 3.05) is 5.73 Å². The normalized spacial score (nSPS) is 10.9. The Hall–Kier alpha value is -2.76. The number of nitrogens with two attached hydrogens (primary N) is 1. The van der Waals surface area contributed by atoms with Crippen LogP contribution in [0.5, 0.6) is 0 Å². The zero-order chi connectivity index (χ0) is 14.3. The first kappa shape index (κ1) is 12.3. The molecule has 0 aliphatic carbocycles.